The van der Waals surface area contributed by atoms with Crippen LogP contribution in [0.2, 0.25) is 0 Å². The zero-order valence-electron chi connectivity index (χ0n) is 12.5. The minimum Gasteiger partial charge on any atom is -0.478 e. The van der Waals surface area contributed by atoms with Gasteiger partial charge in [-0.25, -0.2) is 14.8 Å². The zero-order chi connectivity index (χ0) is 15.5. The maximum absolute atomic E-state index is 11.2. The molecule has 116 valence electrons. The van der Waals surface area contributed by atoms with Gasteiger partial charge in [-0.05, 0) is 26.2 Å². The smallest absolute Gasteiger partial charge is 0.356 e. The normalized spacial score (nSPS) is 30.1. The zero-order valence-corrected chi connectivity index (χ0v) is 12.5. The minimum absolute atomic E-state index is 0.0351. The molecular weight excluding hydrogens is 286 g/mol. The summed E-state index contributed by atoms with van der Waals surface area (Å²) in [6.07, 6.45) is 6.21. The summed E-state index contributed by atoms with van der Waals surface area (Å²) in [6.45, 7) is 2.87. The van der Waals surface area contributed by atoms with Crippen LogP contribution < -0.4 is 4.74 Å². The summed E-state index contributed by atoms with van der Waals surface area (Å²) in [6, 6.07) is 0. The molecule has 2 saturated heterocycles. The van der Waals surface area contributed by atoms with Gasteiger partial charge in [0.25, 0.3) is 5.88 Å². The molecule has 1 aliphatic carbocycles. The molecule has 22 heavy (non-hydrogen) atoms. The third-order valence-corrected chi connectivity index (χ3v) is 4.82. The van der Waals surface area contributed by atoms with Crippen molar-refractivity contribution in [2.24, 2.45) is 0 Å². The fraction of sp³-hybridized carbons (Fsp3) is 0.533. The lowest BCUT2D eigenvalue weighted by Crippen LogP contribution is -2.59. The number of methoxy groups -OCH3 is 1. The van der Waals surface area contributed by atoms with Gasteiger partial charge in [-0.2, -0.15) is 0 Å². The van der Waals surface area contributed by atoms with E-state index in [9.17, 15) is 4.79 Å². The van der Waals surface area contributed by atoms with E-state index >= 15 is 0 Å². The molecule has 4 heterocycles. The van der Waals surface area contributed by atoms with E-state index in [0.29, 0.717) is 5.65 Å². The maximum atomic E-state index is 11.2. The molecule has 0 atom stereocenters. The van der Waals surface area contributed by atoms with E-state index in [4.69, 9.17) is 14.6 Å². The molecule has 2 aromatic heterocycles. The molecular formula is C15H17N3O4. The van der Waals surface area contributed by atoms with Crippen molar-refractivity contribution in [1.82, 2.24) is 14.4 Å². The Morgan fingerprint density at radius 2 is 2.18 bits per heavy atom. The highest BCUT2D eigenvalue weighted by Crippen LogP contribution is 2.57. The number of carboxylic acids is 1. The first-order chi connectivity index (χ1) is 10.4. The average molecular weight is 303 g/mol. The van der Waals surface area contributed by atoms with Crippen LogP contribution in [0.4, 0.5) is 0 Å². The first-order valence-corrected chi connectivity index (χ1v) is 7.26. The van der Waals surface area contributed by atoms with Crippen LogP contribution in [0.25, 0.3) is 5.65 Å². The topological polar surface area (TPSA) is 86.0 Å². The molecule has 1 saturated carbocycles. The quantitative estimate of drug-likeness (QED) is 0.928. The van der Waals surface area contributed by atoms with Crippen LogP contribution in [0, 0.1) is 0 Å². The number of fused-ring (bicyclic) bond motifs is 3. The van der Waals surface area contributed by atoms with Crippen molar-refractivity contribution in [2.45, 2.75) is 37.2 Å². The van der Waals surface area contributed by atoms with E-state index < -0.39 is 5.97 Å². The summed E-state index contributed by atoms with van der Waals surface area (Å²) >= 11 is 0. The van der Waals surface area contributed by atoms with Crippen molar-refractivity contribution in [3.8, 4) is 5.88 Å². The largest absolute Gasteiger partial charge is 0.478 e. The molecule has 3 fully saturated rings. The molecule has 0 amide bonds. The molecule has 1 N–H and O–H groups in total. The number of nitrogens with zero attached hydrogens (tertiary/aromatic N) is 3. The number of rotatable bonds is 3. The van der Waals surface area contributed by atoms with Crippen molar-refractivity contribution < 1.29 is 19.4 Å². The van der Waals surface area contributed by atoms with E-state index in [1.807, 2.05) is 6.20 Å². The van der Waals surface area contributed by atoms with Crippen molar-refractivity contribution >= 4 is 11.6 Å². The maximum Gasteiger partial charge on any atom is 0.356 e. The average Bonchev–Trinajstić information content (AvgIpc) is 2.89. The van der Waals surface area contributed by atoms with Crippen LogP contribution in [0.1, 0.15) is 42.4 Å². The van der Waals surface area contributed by atoms with Crippen LogP contribution in [0.5, 0.6) is 5.88 Å². The summed E-state index contributed by atoms with van der Waals surface area (Å²) in [5.41, 5.74) is 1.46. The van der Waals surface area contributed by atoms with Crippen LogP contribution in [0.15, 0.2) is 12.4 Å². The van der Waals surface area contributed by atoms with E-state index in [2.05, 4.69) is 16.9 Å². The number of carboxylic acid groups (broad SMARTS) is 1. The predicted molar refractivity (Wildman–Crippen MR) is 76.4 cm³/mol. The van der Waals surface area contributed by atoms with Gasteiger partial charge in [-0.1, -0.05) is 0 Å². The number of imidazole rings is 1. The van der Waals surface area contributed by atoms with Crippen molar-refractivity contribution in [2.75, 3.05) is 13.7 Å². The molecule has 0 aromatic carbocycles. The van der Waals surface area contributed by atoms with Gasteiger partial charge in [0.2, 0.25) is 5.65 Å². The Hall–Kier alpha value is -2.15. The Balaban J connectivity index is 1.82. The Morgan fingerprint density at radius 3 is 2.82 bits per heavy atom. The summed E-state index contributed by atoms with van der Waals surface area (Å²) in [5, 5.41) is 9.14. The van der Waals surface area contributed by atoms with Crippen molar-refractivity contribution in [1.29, 1.82) is 0 Å². The van der Waals surface area contributed by atoms with Gasteiger partial charge in [0.15, 0.2) is 5.69 Å². The Labute approximate surface area is 126 Å². The second kappa shape index (κ2) is 4.19. The van der Waals surface area contributed by atoms with Gasteiger partial charge in [-0.3, -0.25) is 4.40 Å². The van der Waals surface area contributed by atoms with E-state index in [0.717, 1.165) is 31.6 Å². The number of carbonyl (C=O) groups is 1. The van der Waals surface area contributed by atoms with Gasteiger partial charge < -0.3 is 14.6 Å². The Kier molecular flexibility index (Phi) is 2.57. The van der Waals surface area contributed by atoms with Gasteiger partial charge >= 0.3 is 5.97 Å². The number of hydrogen-bond acceptors (Lipinski definition) is 5. The monoisotopic (exact) mass is 303 g/mol. The first-order valence-electron chi connectivity index (χ1n) is 7.26. The second-order valence-electron chi connectivity index (χ2n) is 6.48. The highest BCUT2D eigenvalue weighted by molar-refractivity contribution is 5.85. The molecule has 0 spiro atoms. The number of aromatic carboxylic acids is 1. The summed E-state index contributed by atoms with van der Waals surface area (Å²) in [4.78, 5) is 19.8. The SMILES string of the molecule is COc1nc(C(=O)O)cn2cc(C34CCOC(C)(C3)C4)nc12. The Morgan fingerprint density at radius 1 is 1.41 bits per heavy atom. The summed E-state index contributed by atoms with van der Waals surface area (Å²) in [5.74, 6) is -0.854. The lowest BCUT2D eigenvalue weighted by atomic mass is 9.55. The van der Waals surface area contributed by atoms with Crippen LogP contribution >= 0.6 is 0 Å². The van der Waals surface area contributed by atoms with Gasteiger partial charge in [0.1, 0.15) is 0 Å². The number of aromatic nitrogens is 3. The molecule has 2 aliphatic heterocycles. The van der Waals surface area contributed by atoms with E-state index in [-0.39, 0.29) is 22.6 Å². The van der Waals surface area contributed by atoms with Gasteiger partial charge in [0, 0.05) is 24.4 Å². The molecule has 3 aliphatic rings. The molecule has 7 nitrogen and oxygen atoms in total. The van der Waals surface area contributed by atoms with Crippen LogP contribution in [-0.2, 0) is 10.2 Å². The third kappa shape index (κ3) is 1.75. The lowest BCUT2D eigenvalue weighted by molar-refractivity contribution is -0.182. The fourth-order valence-electron chi connectivity index (χ4n) is 3.93. The molecule has 2 aromatic rings. The highest BCUT2D eigenvalue weighted by Gasteiger charge is 2.57. The van der Waals surface area contributed by atoms with Crippen LogP contribution in [-0.4, -0.2) is 44.8 Å². The summed E-state index contributed by atoms with van der Waals surface area (Å²) < 4.78 is 12.7. The predicted octanol–water partition coefficient (Wildman–Crippen LogP) is 1.65. The van der Waals surface area contributed by atoms with E-state index in [1.165, 1.54) is 13.3 Å². The molecule has 5 rings (SSSR count). The lowest BCUT2D eigenvalue weighted by Gasteiger charge is -2.58. The summed E-state index contributed by atoms with van der Waals surface area (Å²) in [7, 11) is 1.47. The highest BCUT2D eigenvalue weighted by atomic mass is 16.5. The van der Waals surface area contributed by atoms with E-state index in [1.54, 1.807) is 4.40 Å². The third-order valence-electron chi connectivity index (χ3n) is 4.82. The van der Waals surface area contributed by atoms with Gasteiger partial charge in [-0.15, -0.1) is 0 Å². The molecule has 0 radical (unpaired) electrons. The van der Waals surface area contributed by atoms with Gasteiger partial charge in [0.05, 0.1) is 18.4 Å². The number of hydrogen-bond donors (Lipinski definition) is 1. The molecule has 0 unspecified atom stereocenters. The minimum atomic E-state index is -1.09. The second-order valence-corrected chi connectivity index (χ2v) is 6.48. The Bertz CT molecular complexity index is 776. The number of ether oxygens (including phenoxy) is 2. The first kappa shape index (κ1) is 13.5. The van der Waals surface area contributed by atoms with Crippen LogP contribution in [0.3, 0.4) is 0 Å². The fourth-order valence-corrected chi connectivity index (χ4v) is 3.93. The molecule has 7 heteroatoms. The molecule has 2 bridgehead atoms. The van der Waals surface area contributed by atoms with Crippen molar-refractivity contribution in [3.05, 3.63) is 23.8 Å². The standard InChI is InChI=1S/C15H17N3O4/c1-14-7-15(8-14,3-4-22-14)10-6-18-5-9(13(19)20)16-12(21-2)11(18)17-10/h5-6H,3-4,7-8H2,1-2H3,(H,19,20). The van der Waals surface area contributed by atoms with Crippen molar-refractivity contribution in [3.63, 3.8) is 0 Å².